The second-order valence-corrected chi connectivity index (χ2v) is 9.06. The molecule has 1 aromatic rings. The highest BCUT2D eigenvalue weighted by Crippen LogP contribution is 2.37. The standard InChI is InChI=1S/C23H31Cl2N5O4/c1-5-26-22(32)30-11-10-29(12-14(30)3)13-17-18(21(31)34-6-2)20(27-23(33)28(17)4)15-8-7-9-16(24)19(15)25/h7-9,14,20H,5-6,10-13H2,1-4H3,(H,26,32)(H,27,33)/t14-,20+/m1/s1. The van der Waals surface area contributed by atoms with E-state index in [9.17, 15) is 14.4 Å². The maximum Gasteiger partial charge on any atom is 0.338 e. The highest BCUT2D eigenvalue weighted by Gasteiger charge is 2.39. The zero-order valence-electron chi connectivity index (χ0n) is 19.9. The molecule has 3 rings (SSSR count). The lowest BCUT2D eigenvalue weighted by molar-refractivity contribution is -0.139. The summed E-state index contributed by atoms with van der Waals surface area (Å²) in [6, 6.07) is 3.80. The molecule has 1 saturated heterocycles. The quantitative estimate of drug-likeness (QED) is 0.571. The van der Waals surface area contributed by atoms with Gasteiger partial charge in [0, 0.05) is 51.5 Å². The molecule has 2 aliphatic rings. The van der Waals surface area contributed by atoms with Crippen molar-refractivity contribution in [3.05, 3.63) is 45.1 Å². The van der Waals surface area contributed by atoms with E-state index in [0.29, 0.717) is 54.6 Å². The van der Waals surface area contributed by atoms with Crippen LogP contribution in [0.5, 0.6) is 0 Å². The van der Waals surface area contributed by atoms with Gasteiger partial charge >= 0.3 is 18.0 Å². The Kier molecular flexibility index (Phi) is 8.67. The van der Waals surface area contributed by atoms with E-state index < -0.39 is 12.0 Å². The lowest BCUT2D eigenvalue weighted by atomic mass is 9.94. The smallest absolute Gasteiger partial charge is 0.338 e. The van der Waals surface area contributed by atoms with Gasteiger partial charge in [0.05, 0.1) is 28.3 Å². The summed E-state index contributed by atoms with van der Waals surface area (Å²) in [6.07, 6.45) is 0. The molecule has 4 amide bonds. The largest absolute Gasteiger partial charge is 0.463 e. The van der Waals surface area contributed by atoms with Gasteiger partial charge in [-0.3, -0.25) is 9.80 Å². The van der Waals surface area contributed by atoms with E-state index in [1.807, 2.05) is 13.8 Å². The molecule has 186 valence electrons. The molecule has 0 aliphatic carbocycles. The summed E-state index contributed by atoms with van der Waals surface area (Å²) in [5, 5.41) is 6.29. The van der Waals surface area contributed by atoms with Crippen LogP contribution in [0.2, 0.25) is 10.0 Å². The van der Waals surface area contributed by atoms with Crippen molar-refractivity contribution < 1.29 is 19.1 Å². The van der Waals surface area contributed by atoms with Crippen LogP contribution >= 0.6 is 23.2 Å². The Hall–Kier alpha value is -2.49. The zero-order valence-corrected chi connectivity index (χ0v) is 21.4. The predicted octanol–water partition coefficient (Wildman–Crippen LogP) is 3.24. The number of esters is 1. The SMILES string of the molecule is CCNC(=O)N1CCN(CC2=C(C(=O)OCC)[C@H](c3cccc(Cl)c3Cl)NC(=O)N2C)C[C@H]1C. The van der Waals surface area contributed by atoms with Gasteiger partial charge in [-0.2, -0.15) is 0 Å². The highest BCUT2D eigenvalue weighted by atomic mass is 35.5. The van der Waals surface area contributed by atoms with E-state index in [1.54, 1.807) is 37.1 Å². The molecule has 2 N–H and O–H groups in total. The zero-order chi connectivity index (χ0) is 25.0. The lowest BCUT2D eigenvalue weighted by Crippen LogP contribution is -2.57. The normalized spacial score (nSPS) is 21.4. The molecule has 0 spiro atoms. The van der Waals surface area contributed by atoms with Gasteiger partial charge < -0.3 is 20.3 Å². The molecule has 0 saturated carbocycles. The van der Waals surface area contributed by atoms with E-state index in [1.165, 1.54) is 4.90 Å². The van der Waals surface area contributed by atoms with Crippen LogP contribution in [0.1, 0.15) is 32.4 Å². The van der Waals surface area contributed by atoms with E-state index in [4.69, 9.17) is 27.9 Å². The minimum atomic E-state index is -0.807. The number of amides is 4. The number of urea groups is 2. The van der Waals surface area contributed by atoms with Gasteiger partial charge in [0.25, 0.3) is 0 Å². The number of carbonyl (C=O) groups excluding carboxylic acids is 3. The maximum atomic E-state index is 13.1. The monoisotopic (exact) mass is 511 g/mol. The van der Waals surface area contributed by atoms with Crippen molar-refractivity contribution in [1.82, 2.24) is 25.3 Å². The molecule has 2 aliphatic heterocycles. The molecule has 0 aromatic heterocycles. The first-order chi connectivity index (χ1) is 16.2. The average Bonchev–Trinajstić information content (AvgIpc) is 2.79. The molecule has 11 heteroatoms. The number of hydrogen-bond donors (Lipinski definition) is 2. The third kappa shape index (κ3) is 5.42. The second-order valence-electron chi connectivity index (χ2n) is 8.28. The van der Waals surface area contributed by atoms with Crippen LogP contribution < -0.4 is 10.6 Å². The molecule has 9 nitrogen and oxygen atoms in total. The number of ether oxygens (including phenoxy) is 1. The maximum absolute atomic E-state index is 13.1. The van der Waals surface area contributed by atoms with Crippen molar-refractivity contribution in [2.75, 3.05) is 46.4 Å². The van der Waals surface area contributed by atoms with E-state index in [-0.39, 0.29) is 29.7 Å². The Balaban J connectivity index is 1.97. The Morgan fingerprint density at radius 1 is 1.24 bits per heavy atom. The average molecular weight is 512 g/mol. The van der Waals surface area contributed by atoms with E-state index in [0.717, 1.165) is 0 Å². The van der Waals surface area contributed by atoms with Crippen molar-refractivity contribution in [3.8, 4) is 0 Å². The van der Waals surface area contributed by atoms with Gasteiger partial charge in [-0.25, -0.2) is 14.4 Å². The molecule has 0 radical (unpaired) electrons. The fourth-order valence-electron chi connectivity index (χ4n) is 4.32. The van der Waals surface area contributed by atoms with Gasteiger partial charge in [-0.1, -0.05) is 35.3 Å². The number of likely N-dealkylation sites (N-methyl/N-ethyl adjacent to an activating group) is 1. The molecular weight excluding hydrogens is 481 g/mol. The Labute approximate surface area is 210 Å². The minimum Gasteiger partial charge on any atom is -0.463 e. The van der Waals surface area contributed by atoms with Crippen molar-refractivity contribution in [2.24, 2.45) is 0 Å². The van der Waals surface area contributed by atoms with Crippen molar-refractivity contribution in [2.45, 2.75) is 32.9 Å². The number of benzene rings is 1. The van der Waals surface area contributed by atoms with Crippen LogP contribution in [0, 0.1) is 0 Å². The number of nitrogens with one attached hydrogen (secondary N) is 2. The number of piperazine rings is 1. The number of nitrogens with zero attached hydrogens (tertiary/aromatic N) is 3. The molecule has 2 atom stereocenters. The first-order valence-corrected chi connectivity index (χ1v) is 12.1. The first kappa shape index (κ1) is 26.1. The molecule has 1 fully saturated rings. The van der Waals surface area contributed by atoms with Crippen molar-refractivity contribution in [3.63, 3.8) is 0 Å². The summed E-state index contributed by atoms with van der Waals surface area (Å²) < 4.78 is 5.37. The van der Waals surface area contributed by atoms with Crippen LogP contribution in [-0.2, 0) is 9.53 Å². The Morgan fingerprint density at radius 2 is 1.97 bits per heavy atom. The summed E-state index contributed by atoms with van der Waals surface area (Å²) in [6.45, 7) is 8.40. The molecule has 2 heterocycles. The molecule has 0 bridgehead atoms. The fourth-order valence-corrected chi connectivity index (χ4v) is 4.73. The third-order valence-electron chi connectivity index (χ3n) is 6.04. The topological polar surface area (TPSA) is 94.2 Å². The van der Waals surface area contributed by atoms with Crippen LogP contribution in [0.3, 0.4) is 0 Å². The third-order valence-corrected chi connectivity index (χ3v) is 6.87. The first-order valence-electron chi connectivity index (χ1n) is 11.3. The second kappa shape index (κ2) is 11.3. The van der Waals surface area contributed by atoms with Crippen LogP contribution in [0.15, 0.2) is 29.5 Å². The summed E-state index contributed by atoms with van der Waals surface area (Å²) in [7, 11) is 1.62. The van der Waals surface area contributed by atoms with Crippen molar-refractivity contribution in [1.29, 1.82) is 0 Å². The van der Waals surface area contributed by atoms with Gasteiger partial charge in [-0.05, 0) is 32.4 Å². The van der Waals surface area contributed by atoms with Gasteiger partial charge in [0.15, 0.2) is 0 Å². The van der Waals surface area contributed by atoms with Crippen LogP contribution in [0.25, 0.3) is 0 Å². The molecular formula is C23H31Cl2N5O4. The number of hydrogen-bond acceptors (Lipinski definition) is 5. The number of halogens is 2. The lowest BCUT2D eigenvalue weighted by Gasteiger charge is -2.42. The number of carbonyl (C=O) groups is 3. The van der Waals surface area contributed by atoms with Gasteiger partial charge in [0.1, 0.15) is 0 Å². The predicted molar refractivity (Wildman–Crippen MR) is 131 cm³/mol. The molecule has 1 aromatic carbocycles. The van der Waals surface area contributed by atoms with E-state index in [2.05, 4.69) is 15.5 Å². The van der Waals surface area contributed by atoms with Crippen LogP contribution in [0.4, 0.5) is 9.59 Å². The molecule has 0 unspecified atom stereocenters. The Morgan fingerprint density at radius 3 is 2.62 bits per heavy atom. The number of rotatable bonds is 6. The highest BCUT2D eigenvalue weighted by molar-refractivity contribution is 6.42. The van der Waals surface area contributed by atoms with Gasteiger partial charge in [-0.15, -0.1) is 0 Å². The fraction of sp³-hybridized carbons (Fsp3) is 0.522. The summed E-state index contributed by atoms with van der Waals surface area (Å²) in [5.41, 5.74) is 1.36. The van der Waals surface area contributed by atoms with Crippen molar-refractivity contribution >= 4 is 41.2 Å². The summed E-state index contributed by atoms with van der Waals surface area (Å²) >= 11 is 12.7. The Bertz CT molecular complexity index is 986. The van der Waals surface area contributed by atoms with E-state index >= 15 is 0 Å². The minimum absolute atomic E-state index is 0.0344. The van der Waals surface area contributed by atoms with Gasteiger partial charge in [0.2, 0.25) is 0 Å². The summed E-state index contributed by atoms with van der Waals surface area (Å²) in [4.78, 5) is 43.7. The van der Waals surface area contributed by atoms with Crippen LogP contribution in [-0.4, -0.2) is 85.2 Å². The molecule has 34 heavy (non-hydrogen) atoms. The summed E-state index contributed by atoms with van der Waals surface area (Å²) in [5.74, 6) is -0.528.